The molecule has 9 heteroatoms. The quantitative estimate of drug-likeness (QED) is 0.792. The lowest BCUT2D eigenvalue weighted by Crippen LogP contribution is -2.52. The Balaban J connectivity index is 1.95. The van der Waals surface area contributed by atoms with Gasteiger partial charge in [-0.1, -0.05) is 17.7 Å². The number of carbonyl (C=O) groups is 3. The number of hydrogen-bond acceptors (Lipinski definition) is 3. The lowest BCUT2D eigenvalue weighted by Gasteiger charge is -2.29. The van der Waals surface area contributed by atoms with Crippen LogP contribution in [0.2, 0.25) is 5.02 Å². The molecule has 0 saturated carbocycles. The number of alkyl halides is 3. The monoisotopic (exact) mass is 346 g/mol. The summed E-state index contributed by atoms with van der Waals surface area (Å²) in [4.78, 5) is 36.6. The number of nitrogens with one attached hydrogen (secondary N) is 1. The van der Waals surface area contributed by atoms with E-state index in [1.54, 1.807) is 0 Å². The second-order valence-corrected chi connectivity index (χ2v) is 5.74. The fourth-order valence-corrected chi connectivity index (χ4v) is 3.20. The molecule has 3 rings (SSSR count). The van der Waals surface area contributed by atoms with Crippen LogP contribution >= 0.6 is 11.6 Å². The van der Waals surface area contributed by atoms with E-state index in [-0.39, 0.29) is 24.9 Å². The molecule has 2 aliphatic rings. The maximum atomic E-state index is 12.9. The maximum Gasteiger partial charge on any atom is 0.417 e. The second kappa shape index (κ2) is 5.23. The highest BCUT2D eigenvalue weighted by molar-refractivity contribution is 6.35. The highest BCUT2D eigenvalue weighted by Crippen LogP contribution is 2.40. The van der Waals surface area contributed by atoms with E-state index in [1.165, 1.54) is 6.07 Å². The molecule has 0 aromatic heterocycles. The molecule has 1 N–H and O–H groups in total. The van der Waals surface area contributed by atoms with Gasteiger partial charge in [-0.25, -0.2) is 0 Å². The van der Waals surface area contributed by atoms with Crippen molar-refractivity contribution in [1.29, 1.82) is 0 Å². The second-order valence-electron chi connectivity index (χ2n) is 5.36. The molecular formula is C14H10ClF3N2O3. The highest BCUT2D eigenvalue weighted by Gasteiger charge is 2.43. The van der Waals surface area contributed by atoms with E-state index >= 15 is 0 Å². The summed E-state index contributed by atoms with van der Waals surface area (Å²) < 4.78 is 38.7. The largest absolute Gasteiger partial charge is 0.417 e. The Labute approximate surface area is 133 Å². The van der Waals surface area contributed by atoms with Gasteiger partial charge in [0.2, 0.25) is 11.8 Å². The number of imide groups is 1. The van der Waals surface area contributed by atoms with Crippen molar-refractivity contribution in [3.63, 3.8) is 0 Å². The molecule has 2 heterocycles. The van der Waals surface area contributed by atoms with Gasteiger partial charge in [-0.15, -0.1) is 0 Å². The third-order valence-electron chi connectivity index (χ3n) is 3.94. The molecule has 23 heavy (non-hydrogen) atoms. The van der Waals surface area contributed by atoms with E-state index in [0.29, 0.717) is 5.56 Å². The third kappa shape index (κ3) is 2.56. The van der Waals surface area contributed by atoms with Crippen molar-refractivity contribution in [3.8, 4) is 0 Å². The predicted octanol–water partition coefficient (Wildman–Crippen LogP) is 2.12. The molecule has 0 bridgehead atoms. The summed E-state index contributed by atoms with van der Waals surface area (Å²) in [5.74, 6) is -1.80. The molecule has 1 aromatic rings. The highest BCUT2D eigenvalue weighted by atomic mass is 35.5. The normalized spacial score (nSPS) is 21.5. The Morgan fingerprint density at radius 1 is 1.22 bits per heavy atom. The van der Waals surface area contributed by atoms with E-state index in [1.807, 2.05) is 0 Å². The summed E-state index contributed by atoms with van der Waals surface area (Å²) in [6.07, 6.45) is -4.47. The molecule has 122 valence electrons. The summed E-state index contributed by atoms with van der Waals surface area (Å²) >= 11 is 5.78. The van der Waals surface area contributed by atoms with Crippen LogP contribution in [0.15, 0.2) is 12.1 Å². The maximum absolute atomic E-state index is 12.9. The van der Waals surface area contributed by atoms with Crippen molar-refractivity contribution in [3.05, 3.63) is 33.8 Å². The van der Waals surface area contributed by atoms with Crippen LogP contribution in [0.5, 0.6) is 0 Å². The van der Waals surface area contributed by atoms with Gasteiger partial charge < -0.3 is 4.90 Å². The van der Waals surface area contributed by atoms with Crippen molar-refractivity contribution in [2.45, 2.75) is 31.6 Å². The molecule has 1 fully saturated rings. The van der Waals surface area contributed by atoms with Gasteiger partial charge in [0.1, 0.15) is 6.04 Å². The van der Waals surface area contributed by atoms with Gasteiger partial charge in [0.15, 0.2) is 0 Å². The first-order valence-electron chi connectivity index (χ1n) is 6.73. The van der Waals surface area contributed by atoms with Gasteiger partial charge in [-0.05, 0) is 18.1 Å². The first kappa shape index (κ1) is 15.8. The van der Waals surface area contributed by atoms with E-state index in [9.17, 15) is 27.6 Å². The number of hydrogen-bond donors (Lipinski definition) is 1. The smallest absolute Gasteiger partial charge is 0.322 e. The first-order valence-corrected chi connectivity index (χ1v) is 7.11. The van der Waals surface area contributed by atoms with E-state index in [0.717, 1.165) is 11.0 Å². The van der Waals surface area contributed by atoms with Gasteiger partial charge in [-0.2, -0.15) is 13.2 Å². The van der Waals surface area contributed by atoms with Gasteiger partial charge >= 0.3 is 6.18 Å². The predicted molar refractivity (Wildman–Crippen MR) is 72.5 cm³/mol. The van der Waals surface area contributed by atoms with Crippen LogP contribution in [0.25, 0.3) is 0 Å². The Hall–Kier alpha value is -2.09. The van der Waals surface area contributed by atoms with Crippen LogP contribution in [0.3, 0.4) is 0 Å². The topological polar surface area (TPSA) is 66.5 Å². The number of piperidine rings is 1. The van der Waals surface area contributed by atoms with Crippen molar-refractivity contribution < 1.29 is 27.6 Å². The van der Waals surface area contributed by atoms with Crippen molar-refractivity contribution in [2.24, 2.45) is 0 Å². The number of benzene rings is 1. The number of rotatable bonds is 1. The Morgan fingerprint density at radius 3 is 2.52 bits per heavy atom. The fraction of sp³-hybridized carbons (Fsp3) is 0.357. The van der Waals surface area contributed by atoms with E-state index < -0.39 is 40.5 Å². The summed E-state index contributed by atoms with van der Waals surface area (Å²) in [7, 11) is 0. The summed E-state index contributed by atoms with van der Waals surface area (Å²) in [6.45, 7) is -0.0156. The molecule has 3 amide bonds. The first-order chi connectivity index (χ1) is 10.7. The molecule has 0 aliphatic carbocycles. The van der Waals surface area contributed by atoms with Crippen molar-refractivity contribution in [2.75, 3.05) is 0 Å². The lowest BCUT2D eigenvalue weighted by atomic mass is 10.0. The summed E-state index contributed by atoms with van der Waals surface area (Å²) in [6, 6.07) is 1.12. The lowest BCUT2D eigenvalue weighted by molar-refractivity contribution is -0.138. The summed E-state index contributed by atoms with van der Waals surface area (Å²) in [5.41, 5.74) is -0.986. The molecule has 0 spiro atoms. The molecule has 0 radical (unpaired) electrons. The van der Waals surface area contributed by atoms with Crippen LogP contribution in [-0.2, 0) is 22.3 Å². The minimum absolute atomic E-state index is 0.0156. The molecule has 2 aliphatic heterocycles. The molecular weight excluding hydrogens is 337 g/mol. The van der Waals surface area contributed by atoms with Crippen LogP contribution in [-0.4, -0.2) is 28.7 Å². The third-order valence-corrected chi connectivity index (χ3v) is 4.33. The molecule has 1 saturated heterocycles. The minimum Gasteiger partial charge on any atom is -0.322 e. The van der Waals surface area contributed by atoms with Gasteiger partial charge in [-0.3, -0.25) is 19.7 Å². The van der Waals surface area contributed by atoms with Crippen LogP contribution in [0.4, 0.5) is 13.2 Å². The van der Waals surface area contributed by atoms with Gasteiger partial charge in [0, 0.05) is 13.0 Å². The average Bonchev–Trinajstić information content (AvgIpc) is 2.76. The van der Waals surface area contributed by atoms with Crippen LogP contribution in [0.1, 0.15) is 34.3 Å². The van der Waals surface area contributed by atoms with Crippen LogP contribution < -0.4 is 5.32 Å². The molecule has 1 aromatic carbocycles. The summed E-state index contributed by atoms with van der Waals surface area (Å²) in [5, 5.41) is 1.46. The Morgan fingerprint density at radius 2 is 1.91 bits per heavy atom. The number of amides is 3. The molecule has 1 unspecified atom stereocenters. The standard InChI is InChI=1S/C14H10ClF3N2O3/c15-11-7(14(16,17)18)2-1-6-5-20(13(23)10(6)11)8-3-4-9(21)19-12(8)22/h1-2,8H,3-5H2,(H,19,21,22). The van der Waals surface area contributed by atoms with Gasteiger partial charge in [0.25, 0.3) is 5.91 Å². The molecule has 1 atom stereocenters. The number of carbonyl (C=O) groups excluding carboxylic acids is 3. The minimum atomic E-state index is -4.67. The average molecular weight is 347 g/mol. The van der Waals surface area contributed by atoms with Gasteiger partial charge in [0.05, 0.1) is 16.1 Å². The van der Waals surface area contributed by atoms with E-state index in [4.69, 9.17) is 11.6 Å². The zero-order valence-corrected chi connectivity index (χ0v) is 12.3. The zero-order chi connectivity index (χ0) is 16.9. The SMILES string of the molecule is O=C1CCC(N2Cc3ccc(C(F)(F)F)c(Cl)c3C2=O)C(=O)N1. The Kier molecular flexibility index (Phi) is 3.59. The molecule has 5 nitrogen and oxygen atoms in total. The van der Waals surface area contributed by atoms with Crippen molar-refractivity contribution >= 4 is 29.3 Å². The Bertz CT molecular complexity index is 733. The van der Waals surface area contributed by atoms with Crippen LogP contribution in [0, 0.1) is 0 Å². The van der Waals surface area contributed by atoms with E-state index in [2.05, 4.69) is 5.32 Å². The number of nitrogens with zero attached hydrogens (tertiary/aromatic N) is 1. The number of fused-ring (bicyclic) bond motifs is 1. The van der Waals surface area contributed by atoms with Crippen molar-refractivity contribution in [1.82, 2.24) is 10.2 Å². The number of halogens is 4. The zero-order valence-electron chi connectivity index (χ0n) is 11.5. The fourth-order valence-electron chi connectivity index (χ4n) is 2.83.